The molecular formula is C32H40ClN3O8S. The van der Waals surface area contributed by atoms with Gasteiger partial charge in [0.2, 0.25) is 11.8 Å². The third-order valence-corrected chi connectivity index (χ3v) is 8.80. The van der Waals surface area contributed by atoms with Crippen LogP contribution in [-0.2, 0) is 26.2 Å². The minimum atomic E-state index is -4.45. The zero-order chi connectivity index (χ0) is 33.5. The molecule has 11 nitrogen and oxygen atoms in total. The second-order valence-electron chi connectivity index (χ2n) is 11.1. The van der Waals surface area contributed by atoms with Crippen molar-refractivity contribution >= 4 is 39.1 Å². The van der Waals surface area contributed by atoms with Gasteiger partial charge in [0.25, 0.3) is 10.0 Å². The highest BCUT2D eigenvalue weighted by atomic mass is 35.5. The van der Waals surface area contributed by atoms with E-state index in [1.165, 1.54) is 56.6 Å². The van der Waals surface area contributed by atoms with Crippen LogP contribution in [0.15, 0.2) is 65.6 Å². The van der Waals surface area contributed by atoms with Crippen LogP contribution in [0.4, 0.5) is 5.69 Å². The molecule has 13 heteroatoms. The highest BCUT2D eigenvalue weighted by Crippen LogP contribution is 2.37. The molecule has 3 aromatic rings. The maximum Gasteiger partial charge on any atom is 0.265 e. The molecule has 45 heavy (non-hydrogen) atoms. The zero-order valence-electron chi connectivity index (χ0n) is 26.7. The number of nitrogens with one attached hydrogen (secondary N) is 1. The van der Waals surface area contributed by atoms with Crippen molar-refractivity contribution in [1.29, 1.82) is 0 Å². The Kier molecular flexibility index (Phi) is 11.6. The molecular weight excluding hydrogens is 622 g/mol. The molecule has 0 aromatic heterocycles. The Morgan fingerprint density at radius 2 is 1.44 bits per heavy atom. The number of nitrogens with zero attached hydrogens (tertiary/aromatic N) is 2. The van der Waals surface area contributed by atoms with Gasteiger partial charge in [-0.25, -0.2) is 8.42 Å². The number of anilines is 1. The molecule has 0 saturated heterocycles. The van der Waals surface area contributed by atoms with E-state index in [9.17, 15) is 18.0 Å². The van der Waals surface area contributed by atoms with Crippen molar-refractivity contribution in [2.45, 2.75) is 50.7 Å². The van der Waals surface area contributed by atoms with E-state index in [1.807, 2.05) is 20.8 Å². The fourth-order valence-electron chi connectivity index (χ4n) is 4.46. The second-order valence-corrected chi connectivity index (χ2v) is 13.4. The molecule has 0 aliphatic carbocycles. The lowest BCUT2D eigenvalue weighted by Gasteiger charge is -2.33. The van der Waals surface area contributed by atoms with E-state index in [1.54, 1.807) is 44.4 Å². The molecule has 0 saturated carbocycles. The van der Waals surface area contributed by atoms with Crippen molar-refractivity contribution in [2.75, 3.05) is 39.3 Å². The molecule has 2 amide bonds. The van der Waals surface area contributed by atoms with E-state index in [-0.39, 0.29) is 33.6 Å². The van der Waals surface area contributed by atoms with Gasteiger partial charge in [0, 0.05) is 23.2 Å². The molecule has 1 N–H and O–H groups in total. The fourth-order valence-corrected chi connectivity index (χ4v) is 6.06. The van der Waals surface area contributed by atoms with Gasteiger partial charge >= 0.3 is 0 Å². The van der Waals surface area contributed by atoms with Crippen LogP contribution in [0.2, 0.25) is 5.02 Å². The largest absolute Gasteiger partial charge is 0.497 e. The first-order valence-corrected chi connectivity index (χ1v) is 15.8. The lowest BCUT2D eigenvalue weighted by molar-refractivity contribution is -0.140. The van der Waals surface area contributed by atoms with Gasteiger partial charge in [0.15, 0.2) is 11.5 Å². The molecule has 1 atom stereocenters. The Bertz CT molecular complexity index is 1610. The van der Waals surface area contributed by atoms with Crippen LogP contribution in [0.5, 0.6) is 23.0 Å². The zero-order valence-corrected chi connectivity index (χ0v) is 28.3. The average molecular weight is 662 g/mol. The number of sulfonamides is 1. The monoisotopic (exact) mass is 661 g/mol. The van der Waals surface area contributed by atoms with Crippen molar-refractivity contribution < 1.29 is 37.0 Å². The van der Waals surface area contributed by atoms with Gasteiger partial charge in [0.1, 0.15) is 24.1 Å². The summed E-state index contributed by atoms with van der Waals surface area (Å²) in [6.45, 7) is 6.41. The SMILES string of the molecule is COc1ccc(CN(C(=O)CN(c2cc(Cl)ccc2OC)S(=O)(=O)c2ccc(OC)c(OC)c2)[C@H](C)C(=O)NC(C)(C)C)cc1. The number of halogens is 1. The van der Waals surface area contributed by atoms with Crippen LogP contribution in [0, 0.1) is 0 Å². The summed E-state index contributed by atoms with van der Waals surface area (Å²) in [5, 5.41) is 3.12. The minimum Gasteiger partial charge on any atom is -0.497 e. The van der Waals surface area contributed by atoms with E-state index in [0.29, 0.717) is 17.1 Å². The maximum atomic E-state index is 14.3. The summed E-state index contributed by atoms with van der Waals surface area (Å²) >= 11 is 6.31. The van der Waals surface area contributed by atoms with Gasteiger partial charge in [-0.1, -0.05) is 23.7 Å². The first kappa shape index (κ1) is 35.3. The van der Waals surface area contributed by atoms with E-state index >= 15 is 0 Å². The van der Waals surface area contributed by atoms with Crippen LogP contribution < -0.4 is 28.6 Å². The number of rotatable bonds is 13. The Balaban J connectivity index is 2.15. The smallest absolute Gasteiger partial charge is 0.265 e. The molecule has 3 aromatic carbocycles. The Morgan fingerprint density at radius 3 is 2.00 bits per heavy atom. The van der Waals surface area contributed by atoms with E-state index < -0.39 is 40.0 Å². The van der Waals surface area contributed by atoms with Crippen molar-refractivity contribution in [3.63, 3.8) is 0 Å². The lowest BCUT2D eigenvalue weighted by Crippen LogP contribution is -2.54. The van der Waals surface area contributed by atoms with Gasteiger partial charge in [-0.05, 0) is 75.7 Å². The van der Waals surface area contributed by atoms with Crippen molar-refractivity contribution in [1.82, 2.24) is 10.2 Å². The topological polar surface area (TPSA) is 124 Å². The fraction of sp³-hybridized carbons (Fsp3) is 0.375. The van der Waals surface area contributed by atoms with Gasteiger partial charge in [-0.2, -0.15) is 0 Å². The average Bonchev–Trinajstić information content (AvgIpc) is 3.00. The Labute approximate surface area is 270 Å². The Hall–Kier alpha value is -4.16. The molecule has 0 unspecified atom stereocenters. The first-order chi connectivity index (χ1) is 21.1. The maximum absolute atomic E-state index is 14.3. The summed E-state index contributed by atoms with van der Waals surface area (Å²) in [5.41, 5.74) is 0.162. The molecule has 0 aliphatic rings. The summed E-state index contributed by atoms with van der Waals surface area (Å²) < 4.78 is 50.9. The van der Waals surface area contributed by atoms with Crippen LogP contribution >= 0.6 is 11.6 Å². The van der Waals surface area contributed by atoms with Crippen LogP contribution in [0.25, 0.3) is 0 Å². The predicted octanol–water partition coefficient (Wildman–Crippen LogP) is 4.90. The summed E-state index contributed by atoms with van der Waals surface area (Å²) in [4.78, 5) is 28.7. The molecule has 0 fully saturated rings. The number of amides is 2. The predicted molar refractivity (Wildman–Crippen MR) is 173 cm³/mol. The van der Waals surface area contributed by atoms with Crippen molar-refractivity contribution in [3.05, 3.63) is 71.2 Å². The molecule has 244 valence electrons. The summed E-state index contributed by atoms with van der Waals surface area (Å²) in [6, 6.07) is 14.6. The number of carbonyl (C=O) groups is 2. The first-order valence-electron chi connectivity index (χ1n) is 14.0. The van der Waals surface area contributed by atoms with E-state index in [0.717, 1.165) is 4.31 Å². The van der Waals surface area contributed by atoms with Crippen LogP contribution in [-0.4, -0.2) is 71.7 Å². The van der Waals surface area contributed by atoms with Crippen LogP contribution in [0.1, 0.15) is 33.3 Å². The molecule has 0 spiro atoms. The molecule has 3 rings (SSSR count). The summed E-state index contributed by atoms with van der Waals surface area (Å²) in [7, 11) is 1.29. The summed E-state index contributed by atoms with van der Waals surface area (Å²) in [6.07, 6.45) is 0. The lowest BCUT2D eigenvalue weighted by atomic mass is 10.1. The molecule has 0 bridgehead atoms. The van der Waals surface area contributed by atoms with Gasteiger partial charge in [-0.15, -0.1) is 0 Å². The van der Waals surface area contributed by atoms with E-state index in [2.05, 4.69) is 5.32 Å². The van der Waals surface area contributed by atoms with E-state index in [4.69, 9.17) is 30.5 Å². The molecule has 0 radical (unpaired) electrons. The van der Waals surface area contributed by atoms with Crippen LogP contribution in [0.3, 0.4) is 0 Å². The second kappa shape index (κ2) is 14.7. The number of carbonyl (C=O) groups excluding carboxylic acids is 2. The molecule has 0 aliphatic heterocycles. The molecule has 0 heterocycles. The van der Waals surface area contributed by atoms with Gasteiger partial charge < -0.3 is 29.2 Å². The summed E-state index contributed by atoms with van der Waals surface area (Å²) in [5.74, 6) is 0.236. The number of benzene rings is 3. The number of hydrogen-bond donors (Lipinski definition) is 1. The number of ether oxygens (including phenoxy) is 4. The highest BCUT2D eigenvalue weighted by Gasteiger charge is 2.35. The van der Waals surface area contributed by atoms with Gasteiger partial charge in [-0.3, -0.25) is 13.9 Å². The van der Waals surface area contributed by atoms with Gasteiger partial charge in [0.05, 0.1) is 39.0 Å². The third kappa shape index (κ3) is 8.73. The highest BCUT2D eigenvalue weighted by molar-refractivity contribution is 7.92. The Morgan fingerprint density at radius 1 is 0.844 bits per heavy atom. The number of hydrogen-bond acceptors (Lipinski definition) is 8. The third-order valence-electron chi connectivity index (χ3n) is 6.81. The van der Waals surface area contributed by atoms with Crippen molar-refractivity contribution in [3.8, 4) is 23.0 Å². The normalized spacial score (nSPS) is 12.1. The standard InChI is InChI=1S/C32H40ClN3O8S/c1-21(31(38)34-32(2,3)4)35(19-22-9-12-24(41-5)13-10-22)30(37)20-36(26-17-23(33)11-15-27(26)42-6)45(39,40)25-14-16-28(43-7)29(18-25)44-8/h9-18,21H,19-20H2,1-8H3,(H,34,38)/t21-/m1/s1. The quantitative estimate of drug-likeness (QED) is 0.274. The number of methoxy groups -OCH3 is 4. The minimum absolute atomic E-state index is 0.0124. The van der Waals surface area contributed by atoms with Crippen molar-refractivity contribution in [2.24, 2.45) is 0 Å².